The fourth-order valence-corrected chi connectivity index (χ4v) is 4.48. The van der Waals surface area contributed by atoms with Crippen molar-refractivity contribution >= 4 is 40.3 Å². The van der Waals surface area contributed by atoms with Crippen LogP contribution in [0.3, 0.4) is 0 Å². The molecule has 3 aromatic rings. The van der Waals surface area contributed by atoms with Crippen molar-refractivity contribution in [1.29, 1.82) is 0 Å². The highest BCUT2D eigenvalue weighted by atomic mass is 32.2. The molecule has 7 nitrogen and oxygen atoms in total. The van der Waals surface area contributed by atoms with E-state index in [1.54, 1.807) is 4.90 Å². The van der Waals surface area contributed by atoms with Gasteiger partial charge in [-0.1, -0.05) is 12.1 Å². The summed E-state index contributed by atoms with van der Waals surface area (Å²) >= 11 is 1.49. The monoisotopic (exact) mass is 422 g/mol. The summed E-state index contributed by atoms with van der Waals surface area (Å²) in [7, 11) is 2.00. The number of nitrogens with zero attached hydrogens (tertiary/aromatic N) is 4. The van der Waals surface area contributed by atoms with Gasteiger partial charge < -0.3 is 14.4 Å². The second-order valence-electron chi connectivity index (χ2n) is 7.27. The Hall–Kier alpha value is -3.00. The zero-order valence-corrected chi connectivity index (χ0v) is 17.5. The van der Waals surface area contributed by atoms with E-state index >= 15 is 0 Å². The number of anilines is 2. The van der Waals surface area contributed by atoms with Crippen molar-refractivity contribution in [3.63, 3.8) is 0 Å². The van der Waals surface area contributed by atoms with Crippen LogP contribution in [-0.4, -0.2) is 55.0 Å². The molecule has 0 radical (unpaired) electrons. The molecule has 0 aliphatic carbocycles. The normalized spacial score (nSPS) is 15.6. The van der Waals surface area contributed by atoms with Crippen molar-refractivity contribution in [3.8, 4) is 11.5 Å². The molecule has 2 aliphatic rings. The van der Waals surface area contributed by atoms with Gasteiger partial charge in [0, 0.05) is 25.0 Å². The molecule has 0 atom stereocenters. The van der Waals surface area contributed by atoms with Gasteiger partial charge in [0.15, 0.2) is 23.1 Å². The first-order chi connectivity index (χ1) is 14.7. The van der Waals surface area contributed by atoms with E-state index in [2.05, 4.69) is 4.90 Å². The van der Waals surface area contributed by atoms with Crippen LogP contribution in [0.15, 0.2) is 47.4 Å². The predicted molar refractivity (Wildman–Crippen MR) is 118 cm³/mol. The second-order valence-corrected chi connectivity index (χ2v) is 8.32. The van der Waals surface area contributed by atoms with Gasteiger partial charge >= 0.3 is 0 Å². The van der Waals surface area contributed by atoms with Crippen LogP contribution in [0.4, 0.5) is 11.6 Å². The number of para-hydroxylation sites is 2. The number of rotatable bonds is 3. The van der Waals surface area contributed by atoms with Gasteiger partial charge in [0.05, 0.1) is 16.8 Å². The maximum Gasteiger partial charge on any atom is 0.238 e. The van der Waals surface area contributed by atoms with E-state index in [1.165, 1.54) is 11.8 Å². The third-order valence-electron chi connectivity index (χ3n) is 5.20. The second kappa shape index (κ2) is 8.02. The molecular weight excluding hydrogens is 400 g/mol. The van der Waals surface area contributed by atoms with Crippen molar-refractivity contribution in [1.82, 2.24) is 9.97 Å². The number of ether oxygens (including phenoxy) is 2. The van der Waals surface area contributed by atoms with Crippen LogP contribution in [0.5, 0.6) is 11.5 Å². The Morgan fingerprint density at radius 3 is 2.53 bits per heavy atom. The van der Waals surface area contributed by atoms with Gasteiger partial charge in [0.2, 0.25) is 5.91 Å². The van der Waals surface area contributed by atoms with Crippen LogP contribution in [0, 0.1) is 0 Å². The Bertz CT molecular complexity index is 1110. The minimum atomic E-state index is 0.0241. The summed E-state index contributed by atoms with van der Waals surface area (Å²) in [6, 6.07) is 13.6. The zero-order chi connectivity index (χ0) is 20.5. The fourth-order valence-electron chi connectivity index (χ4n) is 3.68. The molecule has 0 unspecified atom stereocenters. The van der Waals surface area contributed by atoms with Crippen LogP contribution < -0.4 is 19.3 Å². The summed E-state index contributed by atoms with van der Waals surface area (Å²) in [6.07, 6.45) is 0.866. The van der Waals surface area contributed by atoms with Gasteiger partial charge in [0.1, 0.15) is 13.2 Å². The van der Waals surface area contributed by atoms with Gasteiger partial charge in [-0.2, -0.15) is 0 Å². The lowest BCUT2D eigenvalue weighted by molar-refractivity contribution is -0.116. The average Bonchev–Trinajstić information content (AvgIpc) is 2.94. The molecule has 2 aromatic carbocycles. The van der Waals surface area contributed by atoms with Crippen LogP contribution in [0.2, 0.25) is 0 Å². The number of hydrogen-bond donors (Lipinski definition) is 0. The molecular formula is C22H22N4O3S. The predicted octanol–water partition coefficient (Wildman–Crippen LogP) is 3.37. The third kappa shape index (κ3) is 3.63. The lowest BCUT2D eigenvalue weighted by atomic mass is 10.3. The minimum absolute atomic E-state index is 0.0241. The summed E-state index contributed by atoms with van der Waals surface area (Å²) in [5, 5.41) is 0. The number of aromatic nitrogens is 2. The molecule has 8 heteroatoms. The Balaban J connectivity index is 1.39. The Labute approximate surface area is 179 Å². The third-order valence-corrected chi connectivity index (χ3v) is 6.18. The van der Waals surface area contributed by atoms with Gasteiger partial charge in [-0.3, -0.25) is 9.69 Å². The molecule has 30 heavy (non-hydrogen) atoms. The molecule has 0 spiro atoms. The largest absolute Gasteiger partial charge is 0.486 e. The van der Waals surface area contributed by atoms with Crippen LogP contribution in [0.25, 0.3) is 11.0 Å². The lowest BCUT2D eigenvalue weighted by Crippen LogP contribution is -2.33. The van der Waals surface area contributed by atoms with Crippen molar-refractivity contribution in [2.75, 3.05) is 48.9 Å². The maximum absolute atomic E-state index is 13.2. The first-order valence-electron chi connectivity index (χ1n) is 10.00. The smallest absolute Gasteiger partial charge is 0.238 e. The van der Waals surface area contributed by atoms with Gasteiger partial charge in [-0.15, -0.1) is 11.8 Å². The topological polar surface area (TPSA) is 67.8 Å². The number of carbonyl (C=O) groups is 1. The molecule has 0 saturated carbocycles. The lowest BCUT2D eigenvalue weighted by Gasteiger charge is -2.23. The number of hydrogen-bond acceptors (Lipinski definition) is 7. The molecule has 1 aromatic heterocycles. The Kier molecular flexibility index (Phi) is 5.08. The summed E-state index contributed by atoms with van der Waals surface area (Å²) in [4.78, 5) is 27.6. The average molecular weight is 423 g/mol. The standard InChI is InChI=1S/C22H22N4O3S/c1-25-9-4-10-26(22-21(25)23-16-5-2-3-6-17(16)24-22)20(27)14-30-15-7-8-18-19(13-15)29-12-11-28-18/h2-3,5-8,13H,4,9-12,14H2,1H3. The quantitative estimate of drug-likeness (QED) is 0.600. The number of benzene rings is 2. The molecule has 5 rings (SSSR count). The van der Waals surface area contributed by atoms with Gasteiger partial charge in [-0.05, 0) is 36.8 Å². The molecule has 0 N–H and O–H groups in total. The Morgan fingerprint density at radius 2 is 1.73 bits per heavy atom. The van der Waals surface area contributed by atoms with E-state index in [1.807, 2.05) is 49.5 Å². The highest BCUT2D eigenvalue weighted by molar-refractivity contribution is 8.00. The highest BCUT2D eigenvalue weighted by Gasteiger charge is 2.26. The van der Waals surface area contributed by atoms with E-state index in [0.29, 0.717) is 31.3 Å². The van der Waals surface area contributed by atoms with E-state index < -0.39 is 0 Å². The first-order valence-corrected chi connectivity index (χ1v) is 11.0. The maximum atomic E-state index is 13.2. The van der Waals surface area contributed by atoms with E-state index in [0.717, 1.165) is 46.2 Å². The molecule has 0 fully saturated rings. The van der Waals surface area contributed by atoms with Crippen molar-refractivity contribution in [2.45, 2.75) is 11.3 Å². The van der Waals surface area contributed by atoms with E-state index in [9.17, 15) is 4.79 Å². The molecule has 0 saturated heterocycles. The van der Waals surface area contributed by atoms with Crippen LogP contribution in [0.1, 0.15) is 6.42 Å². The highest BCUT2D eigenvalue weighted by Crippen LogP contribution is 2.35. The number of carbonyl (C=O) groups excluding carboxylic acids is 1. The summed E-state index contributed by atoms with van der Waals surface area (Å²) in [6.45, 7) is 2.57. The number of thioether (sulfide) groups is 1. The van der Waals surface area contributed by atoms with E-state index in [-0.39, 0.29) is 5.91 Å². The molecule has 2 aliphatic heterocycles. The number of amides is 1. The SMILES string of the molecule is CN1CCCN(C(=O)CSc2ccc3c(c2)OCCO3)c2nc3ccccc3nc21. The molecule has 3 heterocycles. The van der Waals surface area contributed by atoms with E-state index in [4.69, 9.17) is 19.4 Å². The summed E-state index contributed by atoms with van der Waals surface area (Å²) in [5.41, 5.74) is 1.63. The first kappa shape index (κ1) is 19.0. The van der Waals surface area contributed by atoms with Crippen molar-refractivity contribution < 1.29 is 14.3 Å². The van der Waals surface area contributed by atoms with Crippen LogP contribution in [-0.2, 0) is 4.79 Å². The fraction of sp³-hybridized carbons (Fsp3) is 0.318. The van der Waals surface area contributed by atoms with Gasteiger partial charge in [-0.25, -0.2) is 9.97 Å². The number of fused-ring (bicyclic) bond motifs is 3. The molecule has 0 bridgehead atoms. The zero-order valence-electron chi connectivity index (χ0n) is 16.7. The van der Waals surface area contributed by atoms with Crippen molar-refractivity contribution in [2.24, 2.45) is 0 Å². The molecule has 154 valence electrons. The summed E-state index contributed by atoms with van der Waals surface area (Å²) < 4.78 is 11.2. The molecule has 1 amide bonds. The van der Waals surface area contributed by atoms with Gasteiger partial charge in [0.25, 0.3) is 0 Å². The summed E-state index contributed by atoms with van der Waals surface area (Å²) in [5.74, 6) is 3.22. The Morgan fingerprint density at radius 1 is 1.00 bits per heavy atom. The minimum Gasteiger partial charge on any atom is -0.486 e. The van der Waals surface area contributed by atoms with Crippen molar-refractivity contribution in [3.05, 3.63) is 42.5 Å². The van der Waals surface area contributed by atoms with Crippen LogP contribution >= 0.6 is 11.8 Å².